The van der Waals surface area contributed by atoms with Crippen molar-refractivity contribution in [2.45, 2.75) is 26.8 Å². The lowest BCUT2D eigenvalue weighted by molar-refractivity contribution is 0.431. The van der Waals surface area contributed by atoms with Crippen LogP contribution in [0.1, 0.15) is 22.6 Å². The van der Waals surface area contributed by atoms with Gasteiger partial charge in [0.2, 0.25) is 5.82 Å². The summed E-state index contributed by atoms with van der Waals surface area (Å²) in [5, 5.41) is 7.50. The molecule has 23 heavy (non-hydrogen) atoms. The molecule has 4 rings (SSSR count). The summed E-state index contributed by atoms with van der Waals surface area (Å²) in [6, 6.07) is 0. The smallest absolute Gasteiger partial charge is 0.276 e. The van der Waals surface area contributed by atoms with Gasteiger partial charge in [0.25, 0.3) is 5.89 Å². The first-order valence-corrected chi connectivity index (χ1v) is 7.26. The van der Waals surface area contributed by atoms with E-state index in [0.717, 1.165) is 42.3 Å². The molecule has 0 unspecified atom stereocenters. The van der Waals surface area contributed by atoms with Gasteiger partial charge in [-0.15, -0.1) is 12.4 Å². The highest BCUT2D eigenvalue weighted by atomic mass is 35.5. The number of aromatic nitrogens is 5. The Morgan fingerprint density at radius 3 is 2.83 bits per heavy atom. The largest absolute Gasteiger partial charge is 0.338 e. The number of H-pyrrole nitrogens is 1. The van der Waals surface area contributed by atoms with E-state index in [4.69, 9.17) is 4.52 Å². The van der Waals surface area contributed by atoms with Gasteiger partial charge in [0.05, 0.1) is 6.20 Å². The van der Waals surface area contributed by atoms with Gasteiger partial charge < -0.3 is 14.8 Å². The summed E-state index contributed by atoms with van der Waals surface area (Å²) in [7, 11) is 0. The van der Waals surface area contributed by atoms with E-state index in [9.17, 15) is 0 Å². The summed E-state index contributed by atoms with van der Waals surface area (Å²) in [5.41, 5.74) is 5.11. The summed E-state index contributed by atoms with van der Waals surface area (Å²) in [4.78, 5) is 16.3. The Morgan fingerprint density at radius 2 is 2.04 bits per heavy atom. The zero-order valence-corrected chi connectivity index (χ0v) is 13.7. The second-order valence-corrected chi connectivity index (χ2v) is 5.45. The molecule has 0 aliphatic carbocycles. The van der Waals surface area contributed by atoms with Gasteiger partial charge in [-0.25, -0.2) is 4.98 Å². The number of halogens is 1. The zero-order chi connectivity index (χ0) is 15.1. The Morgan fingerprint density at radius 1 is 1.17 bits per heavy atom. The fraction of sp³-hybridized carbons (Fsp3) is 0.333. The minimum Gasteiger partial charge on any atom is -0.338 e. The maximum Gasteiger partial charge on any atom is 0.276 e. The Kier molecular flexibility index (Phi) is 4.14. The molecular weight excluding hydrogens is 316 g/mol. The number of fused-ring (bicyclic) bond motifs is 1. The first kappa shape index (κ1) is 15.6. The molecule has 7 nitrogen and oxygen atoms in total. The third kappa shape index (κ3) is 2.73. The third-order valence-electron chi connectivity index (χ3n) is 3.92. The van der Waals surface area contributed by atoms with Crippen molar-refractivity contribution in [3.63, 3.8) is 0 Å². The van der Waals surface area contributed by atoms with Crippen LogP contribution in [-0.4, -0.2) is 31.6 Å². The van der Waals surface area contributed by atoms with Crippen molar-refractivity contribution in [1.82, 2.24) is 30.4 Å². The molecule has 0 spiro atoms. The summed E-state index contributed by atoms with van der Waals surface area (Å²) >= 11 is 0. The topological polar surface area (TPSA) is 92.5 Å². The average Bonchev–Trinajstić information content (AvgIpc) is 3.16. The molecule has 0 aromatic carbocycles. The Balaban J connectivity index is 0.00000156. The second-order valence-electron chi connectivity index (χ2n) is 5.45. The highest BCUT2D eigenvalue weighted by Crippen LogP contribution is 2.29. The van der Waals surface area contributed by atoms with Crippen LogP contribution in [0.25, 0.3) is 23.0 Å². The number of aromatic amines is 1. The van der Waals surface area contributed by atoms with Crippen LogP contribution in [-0.2, 0) is 13.0 Å². The summed E-state index contributed by atoms with van der Waals surface area (Å²) in [6.45, 7) is 5.65. The molecule has 1 aliphatic rings. The highest BCUT2D eigenvalue weighted by molar-refractivity contribution is 5.85. The minimum absolute atomic E-state index is 0. The van der Waals surface area contributed by atoms with Crippen molar-refractivity contribution >= 4 is 12.4 Å². The van der Waals surface area contributed by atoms with Crippen molar-refractivity contribution in [3.05, 3.63) is 35.0 Å². The molecule has 120 valence electrons. The van der Waals surface area contributed by atoms with E-state index in [0.29, 0.717) is 11.7 Å². The summed E-state index contributed by atoms with van der Waals surface area (Å²) < 4.78 is 5.39. The lowest BCUT2D eigenvalue weighted by Crippen LogP contribution is -2.24. The number of rotatable bonds is 2. The molecule has 1 aliphatic heterocycles. The average molecular weight is 333 g/mol. The van der Waals surface area contributed by atoms with E-state index >= 15 is 0 Å². The molecule has 0 amide bonds. The van der Waals surface area contributed by atoms with Crippen LogP contribution in [0.3, 0.4) is 0 Å². The molecular formula is C15H17ClN6O. The predicted molar refractivity (Wildman–Crippen MR) is 87.2 cm³/mol. The van der Waals surface area contributed by atoms with Crippen LogP contribution in [0.2, 0.25) is 0 Å². The summed E-state index contributed by atoms with van der Waals surface area (Å²) in [6.07, 6.45) is 4.57. The van der Waals surface area contributed by atoms with Crippen molar-refractivity contribution in [2.24, 2.45) is 0 Å². The molecule has 0 radical (unpaired) electrons. The van der Waals surface area contributed by atoms with Gasteiger partial charge in [0.15, 0.2) is 0 Å². The number of nitrogens with one attached hydrogen (secondary N) is 2. The standard InChI is InChI=1S/C15H16N6O.ClH/c1-8-13(11-3-4-16-5-10(11)6-17-8)14-20-15(22-21-14)12-7-18-9(2)19-12;/h6-7,16H,3-5H2,1-2H3,(H,18,19);1H. The molecule has 0 fully saturated rings. The van der Waals surface area contributed by atoms with Crippen molar-refractivity contribution in [3.8, 4) is 23.0 Å². The predicted octanol–water partition coefficient (Wildman–Crippen LogP) is 2.21. The Hall–Kier alpha value is -2.25. The molecule has 8 heteroatoms. The van der Waals surface area contributed by atoms with Crippen LogP contribution < -0.4 is 5.32 Å². The van der Waals surface area contributed by atoms with Crippen molar-refractivity contribution in [2.75, 3.05) is 6.54 Å². The van der Waals surface area contributed by atoms with E-state index in [1.165, 1.54) is 11.1 Å². The molecule has 0 saturated carbocycles. The molecule has 3 aromatic heterocycles. The van der Waals surface area contributed by atoms with E-state index < -0.39 is 0 Å². The Labute approximate surface area is 139 Å². The molecule has 3 aromatic rings. The number of nitrogens with zero attached hydrogens (tertiary/aromatic N) is 4. The van der Waals surface area contributed by atoms with Crippen molar-refractivity contribution < 1.29 is 4.52 Å². The number of hydrogen-bond acceptors (Lipinski definition) is 6. The maximum atomic E-state index is 5.39. The van der Waals surface area contributed by atoms with Gasteiger partial charge in [0.1, 0.15) is 11.5 Å². The molecule has 4 heterocycles. The number of aryl methyl sites for hydroxylation is 2. The molecule has 0 saturated heterocycles. The van der Waals surface area contributed by atoms with Crippen LogP contribution >= 0.6 is 12.4 Å². The Bertz CT molecular complexity index is 840. The number of pyridine rings is 1. The minimum atomic E-state index is 0. The van der Waals surface area contributed by atoms with Gasteiger partial charge in [-0.2, -0.15) is 4.98 Å². The number of hydrogen-bond donors (Lipinski definition) is 2. The molecule has 0 bridgehead atoms. The van der Waals surface area contributed by atoms with Crippen molar-refractivity contribution in [1.29, 1.82) is 0 Å². The van der Waals surface area contributed by atoms with Crippen LogP contribution in [0.4, 0.5) is 0 Å². The zero-order valence-electron chi connectivity index (χ0n) is 12.9. The van der Waals surface area contributed by atoms with E-state index in [-0.39, 0.29) is 12.4 Å². The monoisotopic (exact) mass is 332 g/mol. The first-order valence-electron chi connectivity index (χ1n) is 7.26. The van der Waals surface area contributed by atoms with Gasteiger partial charge in [-0.05, 0) is 37.9 Å². The van der Waals surface area contributed by atoms with E-state index in [2.05, 4.69) is 30.4 Å². The van der Waals surface area contributed by atoms with Gasteiger partial charge in [-0.1, -0.05) is 5.16 Å². The quantitative estimate of drug-likeness (QED) is 0.747. The van der Waals surface area contributed by atoms with Crippen LogP contribution in [0, 0.1) is 13.8 Å². The van der Waals surface area contributed by atoms with Crippen LogP contribution in [0.5, 0.6) is 0 Å². The van der Waals surface area contributed by atoms with E-state index in [1.54, 1.807) is 6.20 Å². The van der Waals surface area contributed by atoms with E-state index in [1.807, 2.05) is 20.0 Å². The lowest BCUT2D eigenvalue weighted by atomic mass is 9.95. The van der Waals surface area contributed by atoms with Gasteiger partial charge >= 0.3 is 0 Å². The summed E-state index contributed by atoms with van der Waals surface area (Å²) in [5.74, 6) is 1.85. The fourth-order valence-electron chi connectivity index (χ4n) is 2.83. The number of imidazole rings is 1. The first-order chi connectivity index (χ1) is 10.7. The molecule has 0 atom stereocenters. The SMILES string of the molecule is Cc1ncc(-c2nc(-c3c(C)ncc4c3CCNC4)no2)[nH]1.Cl. The lowest BCUT2D eigenvalue weighted by Gasteiger charge is -2.19. The normalized spacial score (nSPS) is 13.5. The second kappa shape index (κ2) is 6.10. The molecule has 2 N–H and O–H groups in total. The van der Waals surface area contributed by atoms with Gasteiger partial charge in [0, 0.05) is 24.0 Å². The third-order valence-corrected chi connectivity index (χ3v) is 3.92. The maximum absolute atomic E-state index is 5.39. The fourth-order valence-corrected chi connectivity index (χ4v) is 2.83. The van der Waals surface area contributed by atoms with Gasteiger partial charge in [-0.3, -0.25) is 4.98 Å². The van der Waals surface area contributed by atoms with Crippen LogP contribution in [0.15, 0.2) is 16.9 Å². The highest BCUT2D eigenvalue weighted by Gasteiger charge is 2.21.